The van der Waals surface area contributed by atoms with Crippen molar-refractivity contribution in [2.24, 2.45) is 4.99 Å². The van der Waals surface area contributed by atoms with E-state index in [4.69, 9.17) is 15.2 Å². The van der Waals surface area contributed by atoms with E-state index < -0.39 is 0 Å². The molecule has 1 heterocycles. The topological polar surface area (TPSA) is 126 Å². The lowest BCUT2D eigenvalue weighted by atomic mass is 9.99. The van der Waals surface area contributed by atoms with Gasteiger partial charge in [-0.1, -0.05) is 30.3 Å². The number of nitrogens with one attached hydrogen (secondary N) is 1. The molecule has 0 unspecified atom stereocenters. The second-order valence-corrected chi connectivity index (χ2v) is 7.69. The van der Waals surface area contributed by atoms with E-state index in [9.17, 15) is 14.7 Å². The van der Waals surface area contributed by atoms with Crippen molar-refractivity contribution in [2.75, 3.05) is 32.8 Å². The number of benzene rings is 2. The monoisotopic (exact) mass is 451 g/mol. The van der Waals surface area contributed by atoms with Crippen molar-refractivity contribution in [2.45, 2.75) is 19.8 Å². The molecule has 1 aromatic heterocycles. The van der Waals surface area contributed by atoms with Crippen LogP contribution in [0.5, 0.6) is 5.88 Å². The van der Waals surface area contributed by atoms with Gasteiger partial charge in [0.25, 0.3) is 0 Å². The Bertz CT molecular complexity index is 1130. The largest absolute Gasteiger partial charge is 0.494 e. The lowest BCUT2D eigenvalue weighted by Gasteiger charge is -2.20. The minimum absolute atomic E-state index is 0.0403. The first-order valence-corrected chi connectivity index (χ1v) is 10.9. The maximum Gasteiger partial charge on any atom is 0.222 e. The minimum atomic E-state index is -0.163. The Morgan fingerprint density at radius 3 is 2.33 bits per heavy atom. The second-order valence-electron chi connectivity index (χ2n) is 7.69. The average molecular weight is 452 g/mol. The second kappa shape index (κ2) is 11.4. The number of aliphatic hydroxyl groups excluding tert-OH is 2. The number of Topliss-reactive ketones (excluding diaryl/α,β-unsaturated/α-hetero) is 1. The molecule has 0 bridgehead atoms. The predicted molar refractivity (Wildman–Crippen MR) is 127 cm³/mol. The molecule has 0 atom stereocenters. The number of aromatic nitrogens is 1. The molecule has 0 radical (unpaired) electrons. The summed E-state index contributed by atoms with van der Waals surface area (Å²) in [6.45, 7) is 1.86. The molecule has 4 N–H and O–H groups in total. The number of hydrogen-bond donors (Lipinski definition) is 4. The van der Waals surface area contributed by atoms with Crippen LogP contribution in [-0.2, 0) is 4.79 Å². The summed E-state index contributed by atoms with van der Waals surface area (Å²) < 4.78 is 0. The third-order valence-electron chi connectivity index (χ3n) is 5.38. The van der Waals surface area contributed by atoms with E-state index in [0.717, 1.165) is 5.56 Å². The predicted octanol–water partition coefficient (Wildman–Crippen LogP) is 2.51. The van der Waals surface area contributed by atoms with E-state index in [2.05, 4.69) is 4.98 Å². The number of nitrogens with zero attached hydrogens (tertiary/aromatic N) is 2. The number of carbonyl (C=O) groups excluding carboxylic acids is 2. The molecule has 0 fully saturated rings. The number of aliphatic imine (C=N–C) groups is 1. The molecular weight excluding hydrogens is 422 g/mol. The van der Waals surface area contributed by atoms with E-state index in [0.29, 0.717) is 40.7 Å². The van der Waals surface area contributed by atoms with Gasteiger partial charge in [0.2, 0.25) is 5.91 Å². The van der Waals surface area contributed by atoms with E-state index in [1.54, 1.807) is 18.2 Å². The van der Waals surface area contributed by atoms with Gasteiger partial charge in [-0.25, -0.2) is 0 Å². The summed E-state index contributed by atoms with van der Waals surface area (Å²) in [5, 5.41) is 29.6. The van der Waals surface area contributed by atoms with Crippen LogP contribution in [0, 0.1) is 0 Å². The van der Waals surface area contributed by atoms with Crippen LogP contribution in [0.15, 0.2) is 53.5 Å². The Labute approximate surface area is 192 Å². The van der Waals surface area contributed by atoms with Crippen molar-refractivity contribution >= 4 is 28.3 Å². The number of carbonyl (C=O) groups is 2. The zero-order valence-corrected chi connectivity index (χ0v) is 18.6. The number of aromatic hydroxyl groups is 1. The number of H-pyrrole nitrogens is 1. The van der Waals surface area contributed by atoms with Crippen molar-refractivity contribution in [1.82, 2.24) is 9.88 Å². The number of fused-ring (bicyclic) bond motifs is 1. The maximum absolute atomic E-state index is 12.4. The lowest BCUT2D eigenvalue weighted by Crippen LogP contribution is -2.35. The van der Waals surface area contributed by atoms with Crippen LogP contribution >= 0.6 is 0 Å². The SMILES string of the molecule is CC(=O)c1ccc2[nH]c(O)c(C(=NCCCC(=O)N(CCO)CCO)c3ccccc3)c2c1. The Balaban J connectivity index is 1.90. The van der Waals surface area contributed by atoms with Gasteiger partial charge in [-0.2, -0.15) is 0 Å². The molecule has 33 heavy (non-hydrogen) atoms. The molecule has 8 heteroatoms. The van der Waals surface area contributed by atoms with Crippen molar-refractivity contribution in [3.63, 3.8) is 0 Å². The molecule has 0 aliphatic carbocycles. The fourth-order valence-electron chi connectivity index (χ4n) is 3.73. The third-order valence-corrected chi connectivity index (χ3v) is 5.38. The van der Waals surface area contributed by atoms with Gasteiger partial charge >= 0.3 is 0 Å². The first-order chi connectivity index (χ1) is 16.0. The molecule has 1 amide bonds. The minimum Gasteiger partial charge on any atom is -0.494 e. The highest BCUT2D eigenvalue weighted by Crippen LogP contribution is 2.31. The van der Waals surface area contributed by atoms with Gasteiger partial charge in [0.15, 0.2) is 11.7 Å². The van der Waals surface area contributed by atoms with Crippen LogP contribution in [0.2, 0.25) is 0 Å². The Kier molecular flexibility index (Phi) is 8.34. The van der Waals surface area contributed by atoms with Gasteiger partial charge < -0.3 is 25.2 Å². The summed E-state index contributed by atoms with van der Waals surface area (Å²) >= 11 is 0. The van der Waals surface area contributed by atoms with Crippen molar-refractivity contribution in [3.05, 3.63) is 65.2 Å². The average Bonchev–Trinajstić information content (AvgIpc) is 3.14. The van der Waals surface area contributed by atoms with E-state index in [1.807, 2.05) is 30.3 Å². The highest BCUT2D eigenvalue weighted by Gasteiger charge is 2.19. The van der Waals surface area contributed by atoms with Crippen LogP contribution in [0.3, 0.4) is 0 Å². The number of ketones is 1. The molecule has 8 nitrogen and oxygen atoms in total. The van der Waals surface area contributed by atoms with Gasteiger partial charge in [0, 0.05) is 48.1 Å². The summed E-state index contributed by atoms with van der Waals surface area (Å²) in [4.78, 5) is 33.4. The highest BCUT2D eigenvalue weighted by atomic mass is 16.3. The van der Waals surface area contributed by atoms with Crippen LogP contribution in [0.1, 0.15) is 41.3 Å². The molecule has 0 spiro atoms. The smallest absolute Gasteiger partial charge is 0.222 e. The van der Waals surface area contributed by atoms with Gasteiger partial charge in [-0.3, -0.25) is 14.6 Å². The molecule has 2 aromatic carbocycles. The molecule has 0 saturated heterocycles. The van der Waals surface area contributed by atoms with Gasteiger partial charge in [-0.15, -0.1) is 0 Å². The fourth-order valence-corrected chi connectivity index (χ4v) is 3.73. The van der Waals surface area contributed by atoms with Gasteiger partial charge in [-0.05, 0) is 31.5 Å². The molecule has 3 aromatic rings. The first-order valence-electron chi connectivity index (χ1n) is 10.9. The van der Waals surface area contributed by atoms with Crippen LogP contribution in [-0.4, -0.2) is 75.5 Å². The number of aromatic amines is 1. The fraction of sp³-hybridized carbons (Fsp3) is 0.320. The van der Waals surface area contributed by atoms with Gasteiger partial charge in [0.1, 0.15) is 0 Å². The van der Waals surface area contributed by atoms with Crippen LogP contribution < -0.4 is 0 Å². The normalized spacial score (nSPS) is 11.7. The highest BCUT2D eigenvalue weighted by molar-refractivity contribution is 6.21. The maximum atomic E-state index is 12.4. The summed E-state index contributed by atoms with van der Waals surface area (Å²) in [6, 6.07) is 14.6. The van der Waals surface area contributed by atoms with E-state index >= 15 is 0 Å². The summed E-state index contributed by atoms with van der Waals surface area (Å²) in [5.74, 6) is -0.271. The quantitative estimate of drug-likeness (QED) is 0.202. The van der Waals surface area contributed by atoms with Crippen molar-refractivity contribution < 1.29 is 24.9 Å². The number of rotatable bonds is 11. The van der Waals surface area contributed by atoms with Gasteiger partial charge in [0.05, 0.1) is 24.5 Å². The number of aliphatic hydroxyl groups is 2. The summed E-state index contributed by atoms with van der Waals surface area (Å²) in [7, 11) is 0. The Hall–Kier alpha value is -3.49. The van der Waals surface area contributed by atoms with Crippen molar-refractivity contribution in [3.8, 4) is 5.88 Å². The van der Waals surface area contributed by atoms with Crippen LogP contribution in [0.4, 0.5) is 0 Å². The standard InChI is InChI=1S/C25H29N3O5/c1-17(31)19-9-10-21-20(16-19)23(25(33)27-21)24(18-6-3-2-4-7-18)26-11-5-8-22(32)28(12-14-29)13-15-30/h2-4,6-7,9-10,16,27,29-30,33H,5,8,11-15H2,1H3. The third kappa shape index (κ3) is 5.85. The van der Waals surface area contributed by atoms with Crippen molar-refractivity contribution in [1.29, 1.82) is 0 Å². The molecule has 174 valence electrons. The Morgan fingerprint density at radius 1 is 1.00 bits per heavy atom. The first kappa shape index (κ1) is 24.2. The summed E-state index contributed by atoms with van der Waals surface area (Å²) in [6.07, 6.45) is 0.685. The summed E-state index contributed by atoms with van der Waals surface area (Å²) in [5.41, 5.74) is 3.10. The Morgan fingerprint density at radius 2 is 1.70 bits per heavy atom. The molecule has 0 saturated carbocycles. The zero-order valence-electron chi connectivity index (χ0n) is 18.6. The molecular formula is C25H29N3O5. The van der Waals surface area contributed by atoms with E-state index in [-0.39, 0.29) is 50.3 Å². The van der Waals surface area contributed by atoms with E-state index in [1.165, 1.54) is 11.8 Å². The molecule has 0 aliphatic rings. The number of hydrogen-bond acceptors (Lipinski definition) is 6. The molecule has 3 rings (SSSR count). The van der Waals surface area contributed by atoms with Crippen LogP contribution in [0.25, 0.3) is 10.9 Å². The zero-order chi connectivity index (χ0) is 23.8. The number of amides is 1. The lowest BCUT2D eigenvalue weighted by molar-refractivity contribution is -0.132. The molecule has 0 aliphatic heterocycles.